The molecule has 20 heavy (non-hydrogen) atoms. The molecule has 0 unspecified atom stereocenters. The molecule has 1 aromatic carbocycles. The molecule has 1 aromatic heterocycles. The van der Waals surface area contributed by atoms with Gasteiger partial charge in [0.05, 0.1) is 16.8 Å². The summed E-state index contributed by atoms with van der Waals surface area (Å²) < 4.78 is 0. The monoisotopic (exact) mass is 271 g/mol. The summed E-state index contributed by atoms with van der Waals surface area (Å²) in [6.45, 7) is 1.64. The number of aromatic nitrogens is 1. The smallest absolute Gasteiger partial charge is 0.273 e. The molecule has 0 spiro atoms. The van der Waals surface area contributed by atoms with Crippen LogP contribution in [0.4, 0.5) is 11.4 Å². The minimum atomic E-state index is -0.490. The van der Waals surface area contributed by atoms with Crippen molar-refractivity contribution in [2.75, 3.05) is 11.9 Å². The highest BCUT2D eigenvalue weighted by atomic mass is 16.6. The standard InChI is InChI=1S/C14H13N3O3/c1-10-5-6-11(8-13(10)17(19)20)14(18)16(2)12-4-3-7-15-9-12/h3-9H,1-2H3. The number of nitro groups is 1. The van der Waals surface area contributed by atoms with Crippen LogP contribution in [0.25, 0.3) is 0 Å². The minimum Gasteiger partial charge on any atom is -0.310 e. The Morgan fingerprint density at radius 2 is 2.10 bits per heavy atom. The number of rotatable bonds is 3. The van der Waals surface area contributed by atoms with Crippen LogP contribution in [0.2, 0.25) is 0 Å². The first kappa shape index (κ1) is 13.7. The van der Waals surface area contributed by atoms with Crippen LogP contribution in [-0.4, -0.2) is 22.9 Å². The first-order valence-corrected chi connectivity index (χ1v) is 5.94. The molecule has 102 valence electrons. The third kappa shape index (κ3) is 2.64. The van der Waals surface area contributed by atoms with Crippen molar-refractivity contribution in [3.05, 3.63) is 64.0 Å². The summed E-state index contributed by atoms with van der Waals surface area (Å²) in [5.74, 6) is -0.318. The van der Waals surface area contributed by atoms with E-state index < -0.39 is 4.92 Å². The molecule has 0 saturated carbocycles. The number of nitrogens with zero attached hydrogens (tertiary/aromatic N) is 3. The molecule has 0 saturated heterocycles. The number of pyridine rings is 1. The molecule has 1 amide bonds. The van der Waals surface area contributed by atoms with Crippen molar-refractivity contribution in [2.24, 2.45) is 0 Å². The van der Waals surface area contributed by atoms with E-state index in [4.69, 9.17) is 0 Å². The number of benzene rings is 1. The van der Waals surface area contributed by atoms with Crippen LogP contribution >= 0.6 is 0 Å². The fourth-order valence-corrected chi connectivity index (χ4v) is 1.80. The molecule has 2 rings (SSSR count). The predicted octanol–water partition coefficient (Wildman–Crippen LogP) is 2.57. The van der Waals surface area contributed by atoms with Gasteiger partial charge in [0, 0.05) is 30.4 Å². The Morgan fingerprint density at radius 1 is 1.35 bits per heavy atom. The fourth-order valence-electron chi connectivity index (χ4n) is 1.80. The lowest BCUT2D eigenvalue weighted by Crippen LogP contribution is -2.26. The summed E-state index contributed by atoms with van der Waals surface area (Å²) in [4.78, 5) is 28.1. The lowest BCUT2D eigenvalue weighted by Gasteiger charge is -2.16. The molecular formula is C14H13N3O3. The van der Waals surface area contributed by atoms with Gasteiger partial charge in [0.1, 0.15) is 0 Å². The second kappa shape index (κ2) is 5.48. The zero-order valence-electron chi connectivity index (χ0n) is 11.1. The van der Waals surface area contributed by atoms with E-state index in [1.807, 2.05) is 0 Å². The number of aryl methyl sites for hydroxylation is 1. The molecule has 0 bridgehead atoms. The molecule has 0 radical (unpaired) electrons. The maximum absolute atomic E-state index is 12.3. The van der Waals surface area contributed by atoms with Crippen LogP contribution in [0.5, 0.6) is 0 Å². The van der Waals surface area contributed by atoms with Gasteiger partial charge >= 0.3 is 0 Å². The second-order valence-corrected chi connectivity index (χ2v) is 4.33. The van der Waals surface area contributed by atoms with Gasteiger partial charge in [-0.2, -0.15) is 0 Å². The highest BCUT2D eigenvalue weighted by molar-refractivity contribution is 6.06. The molecule has 6 heteroatoms. The molecule has 0 aliphatic carbocycles. The zero-order valence-corrected chi connectivity index (χ0v) is 11.1. The normalized spacial score (nSPS) is 10.1. The van der Waals surface area contributed by atoms with Gasteiger partial charge in [-0.25, -0.2) is 0 Å². The Balaban J connectivity index is 2.34. The van der Waals surface area contributed by atoms with Gasteiger partial charge in [-0.3, -0.25) is 19.9 Å². The van der Waals surface area contributed by atoms with Crippen LogP contribution in [0.15, 0.2) is 42.7 Å². The summed E-state index contributed by atoms with van der Waals surface area (Å²) in [7, 11) is 1.60. The number of carbonyl (C=O) groups is 1. The third-order valence-corrected chi connectivity index (χ3v) is 2.99. The molecule has 0 fully saturated rings. The van der Waals surface area contributed by atoms with Gasteiger partial charge in [0.2, 0.25) is 0 Å². The number of anilines is 1. The van der Waals surface area contributed by atoms with E-state index >= 15 is 0 Å². The van der Waals surface area contributed by atoms with E-state index in [-0.39, 0.29) is 17.2 Å². The molecule has 0 aliphatic rings. The molecular weight excluding hydrogens is 258 g/mol. The summed E-state index contributed by atoms with van der Waals surface area (Å²) in [5.41, 5.74) is 1.36. The zero-order chi connectivity index (χ0) is 14.7. The Bertz CT molecular complexity index is 656. The van der Waals surface area contributed by atoms with Gasteiger partial charge < -0.3 is 4.90 Å². The Kier molecular flexibility index (Phi) is 3.74. The molecule has 0 aliphatic heterocycles. The molecule has 2 aromatic rings. The summed E-state index contributed by atoms with van der Waals surface area (Å²) in [6.07, 6.45) is 3.17. The first-order chi connectivity index (χ1) is 9.50. The summed E-state index contributed by atoms with van der Waals surface area (Å²) >= 11 is 0. The average molecular weight is 271 g/mol. The van der Waals surface area contributed by atoms with Gasteiger partial charge in [-0.1, -0.05) is 6.07 Å². The predicted molar refractivity (Wildman–Crippen MR) is 74.8 cm³/mol. The highest BCUT2D eigenvalue weighted by Gasteiger charge is 2.18. The number of amides is 1. The minimum absolute atomic E-state index is 0.0598. The first-order valence-electron chi connectivity index (χ1n) is 5.94. The second-order valence-electron chi connectivity index (χ2n) is 4.33. The molecule has 1 heterocycles. The van der Waals surface area contributed by atoms with Crippen LogP contribution in [0.1, 0.15) is 15.9 Å². The third-order valence-electron chi connectivity index (χ3n) is 2.99. The number of nitro benzene ring substituents is 1. The van der Waals surface area contributed by atoms with Crippen LogP contribution < -0.4 is 4.90 Å². The van der Waals surface area contributed by atoms with E-state index in [0.717, 1.165) is 0 Å². The maximum atomic E-state index is 12.3. The fraction of sp³-hybridized carbons (Fsp3) is 0.143. The van der Waals surface area contributed by atoms with Crippen LogP contribution in [0, 0.1) is 17.0 Å². The quantitative estimate of drug-likeness (QED) is 0.635. The van der Waals surface area contributed by atoms with Crippen LogP contribution in [0.3, 0.4) is 0 Å². The van der Waals surface area contributed by atoms with Crippen molar-refractivity contribution in [3.63, 3.8) is 0 Å². The van der Waals surface area contributed by atoms with Crippen molar-refractivity contribution in [3.8, 4) is 0 Å². The average Bonchev–Trinajstić information content (AvgIpc) is 2.47. The number of carbonyl (C=O) groups excluding carboxylic acids is 1. The van der Waals surface area contributed by atoms with Gasteiger partial charge in [0.15, 0.2) is 0 Å². The van der Waals surface area contributed by atoms with Gasteiger partial charge in [0.25, 0.3) is 11.6 Å². The van der Waals surface area contributed by atoms with Crippen molar-refractivity contribution < 1.29 is 9.72 Å². The maximum Gasteiger partial charge on any atom is 0.273 e. The summed E-state index contributed by atoms with van der Waals surface area (Å²) in [5, 5.41) is 10.9. The van der Waals surface area contributed by atoms with Gasteiger partial charge in [-0.05, 0) is 25.1 Å². The largest absolute Gasteiger partial charge is 0.310 e. The Hall–Kier alpha value is -2.76. The van der Waals surface area contributed by atoms with E-state index in [2.05, 4.69) is 4.98 Å². The van der Waals surface area contributed by atoms with E-state index in [1.165, 1.54) is 11.0 Å². The number of hydrogen-bond acceptors (Lipinski definition) is 4. The topological polar surface area (TPSA) is 76.3 Å². The van der Waals surface area contributed by atoms with Crippen molar-refractivity contribution in [2.45, 2.75) is 6.92 Å². The van der Waals surface area contributed by atoms with Crippen molar-refractivity contribution in [1.82, 2.24) is 4.98 Å². The van der Waals surface area contributed by atoms with E-state index in [9.17, 15) is 14.9 Å². The number of hydrogen-bond donors (Lipinski definition) is 0. The SMILES string of the molecule is Cc1ccc(C(=O)N(C)c2cccnc2)cc1[N+](=O)[O-]. The van der Waals surface area contributed by atoms with Crippen molar-refractivity contribution in [1.29, 1.82) is 0 Å². The van der Waals surface area contributed by atoms with Crippen LogP contribution in [-0.2, 0) is 0 Å². The molecule has 0 N–H and O–H groups in total. The lowest BCUT2D eigenvalue weighted by molar-refractivity contribution is -0.385. The Morgan fingerprint density at radius 3 is 2.70 bits per heavy atom. The Labute approximate surface area is 115 Å². The molecule has 6 nitrogen and oxygen atoms in total. The lowest BCUT2D eigenvalue weighted by atomic mass is 10.1. The van der Waals surface area contributed by atoms with Gasteiger partial charge in [-0.15, -0.1) is 0 Å². The summed E-state index contributed by atoms with van der Waals surface area (Å²) in [6, 6.07) is 7.91. The van der Waals surface area contributed by atoms with Crippen molar-refractivity contribution >= 4 is 17.3 Å². The molecule has 0 atom stereocenters. The van der Waals surface area contributed by atoms with E-state index in [1.54, 1.807) is 50.6 Å². The van der Waals surface area contributed by atoms with E-state index in [0.29, 0.717) is 11.3 Å². The highest BCUT2D eigenvalue weighted by Crippen LogP contribution is 2.21.